The molecule has 4 atom stereocenters. The summed E-state index contributed by atoms with van der Waals surface area (Å²) < 4.78 is 0. The van der Waals surface area contributed by atoms with Crippen LogP contribution in [-0.2, 0) is 4.79 Å². The predicted octanol–water partition coefficient (Wildman–Crippen LogP) is 0.377. The number of carbonyl (C=O) groups is 1. The Morgan fingerprint density at radius 3 is 2.88 bits per heavy atom. The van der Waals surface area contributed by atoms with Crippen molar-refractivity contribution in [2.75, 3.05) is 5.32 Å². The minimum Gasteiger partial charge on any atom is -0.377 e. The largest absolute Gasteiger partial charge is 0.377 e. The number of amides is 1. The van der Waals surface area contributed by atoms with E-state index in [0.717, 1.165) is 12.8 Å². The summed E-state index contributed by atoms with van der Waals surface area (Å²) in [5, 5.41) is 23.3. The number of primary amides is 1. The normalized spacial score (nSPS) is 28.6. The smallest absolute Gasteiger partial charge is 0.293 e. The third-order valence-corrected chi connectivity index (χ3v) is 4.74. The molecule has 2 fully saturated rings. The van der Waals surface area contributed by atoms with Gasteiger partial charge in [-0.15, -0.1) is 0 Å². The van der Waals surface area contributed by atoms with Crippen LogP contribution in [0.3, 0.4) is 0 Å². The average molecular weight is 330 g/mol. The number of nitrogens with two attached hydrogens (primary N) is 1. The van der Waals surface area contributed by atoms with Crippen LogP contribution in [0.15, 0.2) is 18.2 Å². The predicted molar refractivity (Wildman–Crippen MR) is 85.6 cm³/mol. The van der Waals surface area contributed by atoms with Crippen LogP contribution in [0.5, 0.6) is 0 Å². The number of rotatable bonds is 4. The summed E-state index contributed by atoms with van der Waals surface area (Å²) in [5.41, 5.74) is 12.0. The number of nitro groups is 1. The van der Waals surface area contributed by atoms with Crippen molar-refractivity contribution in [3.8, 4) is 6.07 Å². The number of carbonyl (C=O) groups excluding carboxylic acids is 1. The van der Waals surface area contributed by atoms with Crippen LogP contribution in [0.25, 0.3) is 0 Å². The standard InChI is InChI=1S/C15H18N6O3/c16-7-8-1-3-12(13(5-8)21(23)24)18-9-2-4-11-10(6-9)14(15(17)22)20-19-11/h1,3,5,9-11,14,18-20H,2,4,6H2,(H2,17,22). The lowest BCUT2D eigenvalue weighted by atomic mass is 9.79. The highest BCUT2D eigenvalue weighted by atomic mass is 16.6. The number of hydrazine groups is 1. The second kappa shape index (κ2) is 6.43. The van der Waals surface area contributed by atoms with Gasteiger partial charge in [-0.2, -0.15) is 5.26 Å². The lowest BCUT2D eigenvalue weighted by molar-refractivity contribution is -0.384. The second-order valence-electron chi connectivity index (χ2n) is 6.19. The fraction of sp³-hybridized carbons (Fsp3) is 0.467. The molecule has 1 heterocycles. The average Bonchev–Trinajstić information content (AvgIpc) is 2.98. The van der Waals surface area contributed by atoms with Gasteiger partial charge in [-0.25, -0.2) is 5.43 Å². The first-order valence-electron chi connectivity index (χ1n) is 7.75. The Kier molecular flexibility index (Phi) is 4.33. The third kappa shape index (κ3) is 3.02. The molecule has 9 heteroatoms. The molecule has 24 heavy (non-hydrogen) atoms. The van der Waals surface area contributed by atoms with Gasteiger partial charge >= 0.3 is 0 Å². The molecule has 5 N–H and O–H groups in total. The Bertz CT molecular complexity index is 716. The first-order valence-corrected chi connectivity index (χ1v) is 7.75. The molecule has 1 amide bonds. The van der Waals surface area contributed by atoms with Gasteiger partial charge in [0.15, 0.2) is 0 Å². The van der Waals surface area contributed by atoms with Crippen molar-refractivity contribution < 1.29 is 9.72 Å². The number of benzene rings is 1. The fourth-order valence-electron chi connectivity index (χ4n) is 3.56. The van der Waals surface area contributed by atoms with Gasteiger partial charge in [-0.1, -0.05) is 0 Å². The summed E-state index contributed by atoms with van der Waals surface area (Å²) in [7, 11) is 0. The summed E-state index contributed by atoms with van der Waals surface area (Å²) in [6.45, 7) is 0. The summed E-state index contributed by atoms with van der Waals surface area (Å²) in [6, 6.07) is 6.01. The van der Waals surface area contributed by atoms with E-state index >= 15 is 0 Å². The molecule has 1 saturated heterocycles. The summed E-state index contributed by atoms with van der Waals surface area (Å²) in [4.78, 5) is 22.2. The molecule has 2 aliphatic rings. The number of anilines is 1. The van der Waals surface area contributed by atoms with Crippen LogP contribution in [0.1, 0.15) is 24.8 Å². The summed E-state index contributed by atoms with van der Waals surface area (Å²) in [5.74, 6) is -0.355. The van der Waals surface area contributed by atoms with E-state index in [1.807, 2.05) is 6.07 Å². The Morgan fingerprint density at radius 1 is 1.42 bits per heavy atom. The van der Waals surface area contributed by atoms with E-state index in [1.54, 1.807) is 12.1 Å². The van der Waals surface area contributed by atoms with Crippen molar-refractivity contribution >= 4 is 17.3 Å². The molecule has 1 aromatic rings. The maximum Gasteiger partial charge on any atom is 0.293 e. The first-order chi connectivity index (χ1) is 11.5. The van der Waals surface area contributed by atoms with Gasteiger partial charge in [-0.05, 0) is 31.4 Å². The van der Waals surface area contributed by atoms with Crippen LogP contribution >= 0.6 is 0 Å². The van der Waals surface area contributed by atoms with E-state index in [0.29, 0.717) is 12.1 Å². The Morgan fingerprint density at radius 2 is 2.21 bits per heavy atom. The van der Waals surface area contributed by atoms with Gasteiger partial charge in [-0.3, -0.25) is 20.3 Å². The molecule has 4 unspecified atom stereocenters. The Balaban J connectivity index is 1.76. The molecule has 3 rings (SSSR count). The van der Waals surface area contributed by atoms with Crippen molar-refractivity contribution in [2.45, 2.75) is 37.4 Å². The van der Waals surface area contributed by atoms with Gasteiger partial charge in [0, 0.05) is 24.1 Å². The number of fused-ring (bicyclic) bond motifs is 1. The highest BCUT2D eigenvalue weighted by Gasteiger charge is 2.43. The highest BCUT2D eigenvalue weighted by Crippen LogP contribution is 2.34. The molecule has 1 aliphatic heterocycles. The van der Waals surface area contributed by atoms with Crippen LogP contribution in [-0.4, -0.2) is 29.0 Å². The van der Waals surface area contributed by atoms with Crippen molar-refractivity contribution in [1.29, 1.82) is 5.26 Å². The molecule has 1 aromatic carbocycles. The van der Waals surface area contributed by atoms with Gasteiger partial charge in [0.25, 0.3) is 5.69 Å². The number of hydrogen-bond acceptors (Lipinski definition) is 7. The van der Waals surface area contributed by atoms with Gasteiger partial charge < -0.3 is 11.1 Å². The quantitative estimate of drug-likeness (QED) is 0.461. The van der Waals surface area contributed by atoms with E-state index in [4.69, 9.17) is 11.0 Å². The molecule has 0 spiro atoms. The molecule has 9 nitrogen and oxygen atoms in total. The zero-order chi connectivity index (χ0) is 17.3. The topological polar surface area (TPSA) is 146 Å². The minimum absolute atomic E-state index is 0.00133. The maximum atomic E-state index is 11.5. The zero-order valence-electron chi connectivity index (χ0n) is 12.9. The molecule has 0 radical (unpaired) electrons. The van der Waals surface area contributed by atoms with Crippen molar-refractivity contribution in [1.82, 2.24) is 10.9 Å². The molecular formula is C15H18N6O3. The summed E-state index contributed by atoms with van der Waals surface area (Å²) in [6.07, 6.45) is 2.33. The number of hydrogen-bond donors (Lipinski definition) is 4. The SMILES string of the molecule is N#Cc1ccc(NC2CCC3NNC(C(N)=O)C3C2)c([N+](=O)[O-])c1. The lowest BCUT2D eigenvalue weighted by Gasteiger charge is -2.33. The van der Waals surface area contributed by atoms with Gasteiger partial charge in [0.2, 0.25) is 5.91 Å². The van der Waals surface area contributed by atoms with Crippen molar-refractivity contribution in [3.05, 3.63) is 33.9 Å². The number of nitriles is 1. The van der Waals surface area contributed by atoms with E-state index in [-0.39, 0.29) is 29.3 Å². The van der Waals surface area contributed by atoms with Crippen LogP contribution < -0.4 is 21.9 Å². The van der Waals surface area contributed by atoms with Crippen LogP contribution in [0.4, 0.5) is 11.4 Å². The van der Waals surface area contributed by atoms with Gasteiger partial charge in [0.05, 0.1) is 16.6 Å². The molecule has 1 saturated carbocycles. The minimum atomic E-state index is -0.500. The molecular weight excluding hydrogens is 312 g/mol. The fourth-order valence-corrected chi connectivity index (χ4v) is 3.56. The third-order valence-electron chi connectivity index (χ3n) is 4.74. The number of nitrogens with zero attached hydrogens (tertiary/aromatic N) is 2. The number of nitro benzene ring substituents is 1. The first kappa shape index (κ1) is 16.2. The molecule has 0 bridgehead atoms. The van der Waals surface area contributed by atoms with Crippen molar-refractivity contribution in [2.24, 2.45) is 11.7 Å². The van der Waals surface area contributed by atoms with E-state index in [2.05, 4.69) is 16.2 Å². The molecule has 0 aromatic heterocycles. The second-order valence-corrected chi connectivity index (χ2v) is 6.19. The Labute approximate surface area is 138 Å². The van der Waals surface area contributed by atoms with E-state index < -0.39 is 16.9 Å². The van der Waals surface area contributed by atoms with Crippen LogP contribution in [0, 0.1) is 27.4 Å². The molecule has 1 aliphatic carbocycles. The maximum absolute atomic E-state index is 11.5. The van der Waals surface area contributed by atoms with Gasteiger partial charge in [0.1, 0.15) is 11.7 Å². The van der Waals surface area contributed by atoms with E-state index in [9.17, 15) is 14.9 Å². The summed E-state index contributed by atoms with van der Waals surface area (Å²) >= 11 is 0. The lowest BCUT2D eigenvalue weighted by Crippen LogP contribution is -2.44. The number of nitrogens with one attached hydrogen (secondary N) is 3. The van der Waals surface area contributed by atoms with E-state index in [1.165, 1.54) is 6.07 Å². The highest BCUT2D eigenvalue weighted by molar-refractivity contribution is 5.80. The zero-order valence-corrected chi connectivity index (χ0v) is 12.9. The Hall–Kier alpha value is -2.70. The molecule has 126 valence electrons. The monoisotopic (exact) mass is 330 g/mol. The van der Waals surface area contributed by atoms with Crippen molar-refractivity contribution in [3.63, 3.8) is 0 Å². The van der Waals surface area contributed by atoms with Crippen LogP contribution in [0.2, 0.25) is 0 Å².